The molecular formula is C14H18F3N3O2. The van der Waals surface area contributed by atoms with Gasteiger partial charge in [0, 0.05) is 12.3 Å². The largest absolute Gasteiger partial charge is 0.477 e. The van der Waals surface area contributed by atoms with Crippen molar-refractivity contribution in [1.29, 1.82) is 0 Å². The van der Waals surface area contributed by atoms with Gasteiger partial charge in [-0.15, -0.1) is 0 Å². The molecule has 1 aromatic rings. The molecule has 1 aliphatic heterocycles. The summed E-state index contributed by atoms with van der Waals surface area (Å²) in [7, 11) is 0. The lowest BCUT2D eigenvalue weighted by Crippen LogP contribution is -2.40. The minimum Gasteiger partial charge on any atom is -0.477 e. The molecule has 2 N–H and O–H groups in total. The molecule has 0 aromatic carbocycles. The number of amides is 1. The molecule has 1 aromatic heterocycles. The van der Waals surface area contributed by atoms with Gasteiger partial charge in [0.1, 0.15) is 0 Å². The molecule has 2 heterocycles. The number of carbonyl (C=O) groups is 1. The minimum atomic E-state index is -4.39. The second kappa shape index (κ2) is 6.95. The third-order valence-corrected chi connectivity index (χ3v) is 3.62. The molecule has 0 aliphatic carbocycles. The zero-order valence-electron chi connectivity index (χ0n) is 12.0. The van der Waals surface area contributed by atoms with Crippen molar-refractivity contribution in [2.45, 2.75) is 19.0 Å². The molecule has 1 fully saturated rings. The van der Waals surface area contributed by atoms with Crippen molar-refractivity contribution in [3.8, 4) is 5.88 Å². The SMILES string of the molecule is NC(=O)CN1CCC(COc2ccc(C(F)(F)F)cn2)CC1. The van der Waals surface area contributed by atoms with Crippen molar-refractivity contribution in [1.82, 2.24) is 9.88 Å². The van der Waals surface area contributed by atoms with E-state index in [0.29, 0.717) is 12.5 Å². The van der Waals surface area contributed by atoms with Gasteiger partial charge in [-0.2, -0.15) is 13.2 Å². The number of primary amides is 1. The van der Waals surface area contributed by atoms with Crippen LogP contribution < -0.4 is 10.5 Å². The van der Waals surface area contributed by atoms with E-state index in [0.717, 1.165) is 38.2 Å². The summed E-state index contributed by atoms with van der Waals surface area (Å²) in [5.74, 6) is 0.143. The number of hydrogen-bond acceptors (Lipinski definition) is 4. The fraction of sp³-hybridized carbons (Fsp3) is 0.571. The molecular weight excluding hydrogens is 299 g/mol. The van der Waals surface area contributed by atoms with Gasteiger partial charge in [0.05, 0.1) is 18.7 Å². The van der Waals surface area contributed by atoms with Crippen molar-refractivity contribution >= 4 is 5.91 Å². The first-order chi connectivity index (χ1) is 10.3. The van der Waals surface area contributed by atoms with Crippen LogP contribution in [0.3, 0.4) is 0 Å². The number of alkyl halides is 3. The fourth-order valence-corrected chi connectivity index (χ4v) is 2.37. The van der Waals surface area contributed by atoms with Crippen LogP contribution in [0, 0.1) is 5.92 Å². The van der Waals surface area contributed by atoms with E-state index < -0.39 is 11.7 Å². The van der Waals surface area contributed by atoms with Crippen molar-refractivity contribution < 1.29 is 22.7 Å². The lowest BCUT2D eigenvalue weighted by molar-refractivity contribution is -0.137. The van der Waals surface area contributed by atoms with E-state index in [1.807, 2.05) is 4.90 Å². The van der Waals surface area contributed by atoms with E-state index in [1.165, 1.54) is 6.07 Å². The smallest absolute Gasteiger partial charge is 0.417 e. The predicted molar refractivity (Wildman–Crippen MR) is 73.1 cm³/mol. The van der Waals surface area contributed by atoms with E-state index in [9.17, 15) is 18.0 Å². The Balaban J connectivity index is 1.76. The quantitative estimate of drug-likeness (QED) is 0.897. The first kappa shape index (κ1) is 16.5. The molecule has 2 rings (SSSR count). The maximum atomic E-state index is 12.4. The number of likely N-dealkylation sites (tertiary alicyclic amines) is 1. The van der Waals surface area contributed by atoms with E-state index in [4.69, 9.17) is 10.5 Å². The van der Waals surface area contributed by atoms with E-state index in [-0.39, 0.29) is 18.3 Å². The Kier molecular flexibility index (Phi) is 5.23. The van der Waals surface area contributed by atoms with Gasteiger partial charge in [-0.1, -0.05) is 0 Å². The summed E-state index contributed by atoms with van der Waals surface area (Å²) in [5.41, 5.74) is 4.35. The summed E-state index contributed by atoms with van der Waals surface area (Å²) < 4.78 is 42.7. The topological polar surface area (TPSA) is 68.5 Å². The van der Waals surface area contributed by atoms with Gasteiger partial charge in [0.2, 0.25) is 11.8 Å². The molecule has 22 heavy (non-hydrogen) atoms. The van der Waals surface area contributed by atoms with Crippen LogP contribution in [-0.2, 0) is 11.0 Å². The monoisotopic (exact) mass is 317 g/mol. The number of aromatic nitrogens is 1. The van der Waals surface area contributed by atoms with Crippen LogP contribution in [0.25, 0.3) is 0 Å². The lowest BCUT2D eigenvalue weighted by Gasteiger charge is -2.30. The highest BCUT2D eigenvalue weighted by Crippen LogP contribution is 2.29. The Morgan fingerprint density at radius 3 is 2.55 bits per heavy atom. The van der Waals surface area contributed by atoms with Gasteiger partial charge in [-0.05, 0) is 37.9 Å². The average molecular weight is 317 g/mol. The maximum absolute atomic E-state index is 12.4. The van der Waals surface area contributed by atoms with Gasteiger partial charge in [0.25, 0.3) is 0 Å². The second-order valence-corrected chi connectivity index (χ2v) is 5.38. The third kappa shape index (κ3) is 4.87. The Bertz CT molecular complexity index is 497. The van der Waals surface area contributed by atoms with Gasteiger partial charge in [-0.25, -0.2) is 4.98 Å². The number of nitrogens with zero attached hydrogens (tertiary/aromatic N) is 2. The number of piperidine rings is 1. The van der Waals surface area contributed by atoms with Crippen LogP contribution >= 0.6 is 0 Å². The highest BCUT2D eigenvalue weighted by atomic mass is 19.4. The number of carbonyl (C=O) groups excluding carboxylic acids is 1. The number of rotatable bonds is 5. The minimum absolute atomic E-state index is 0.188. The first-order valence-electron chi connectivity index (χ1n) is 7.01. The molecule has 0 unspecified atom stereocenters. The molecule has 8 heteroatoms. The van der Waals surface area contributed by atoms with Gasteiger partial charge >= 0.3 is 6.18 Å². The van der Waals surface area contributed by atoms with E-state index in [2.05, 4.69) is 4.98 Å². The molecule has 1 aliphatic rings. The highest BCUT2D eigenvalue weighted by molar-refractivity contribution is 5.75. The normalized spacial score (nSPS) is 17.4. The van der Waals surface area contributed by atoms with Crippen LogP contribution in [0.5, 0.6) is 5.88 Å². The summed E-state index contributed by atoms with van der Waals surface area (Å²) >= 11 is 0. The van der Waals surface area contributed by atoms with Crippen LogP contribution in [0.4, 0.5) is 13.2 Å². The molecule has 1 amide bonds. The number of nitrogens with two attached hydrogens (primary N) is 1. The molecule has 122 valence electrons. The average Bonchev–Trinajstić information content (AvgIpc) is 2.45. The maximum Gasteiger partial charge on any atom is 0.417 e. The standard InChI is InChI=1S/C14H18F3N3O2/c15-14(16,17)11-1-2-13(19-7-11)22-9-10-3-5-20(6-4-10)8-12(18)21/h1-2,7,10H,3-6,8-9H2,(H2,18,21). The summed E-state index contributed by atoms with van der Waals surface area (Å²) in [4.78, 5) is 16.5. The first-order valence-corrected chi connectivity index (χ1v) is 7.01. The Hall–Kier alpha value is -1.83. The van der Waals surface area contributed by atoms with E-state index in [1.54, 1.807) is 0 Å². The van der Waals surface area contributed by atoms with Crippen LogP contribution in [0.15, 0.2) is 18.3 Å². The van der Waals surface area contributed by atoms with Gasteiger partial charge in [0.15, 0.2) is 0 Å². The zero-order chi connectivity index (χ0) is 16.2. The molecule has 1 saturated heterocycles. The third-order valence-electron chi connectivity index (χ3n) is 3.62. The second-order valence-electron chi connectivity index (χ2n) is 5.38. The lowest BCUT2D eigenvalue weighted by atomic mass is 9.98. The number of ether oxygens (including phenoxy) is 1. The highest BCUT2D eigenvalue weighted by Gasteiger charge is 2.30. The van der Waals surface area contributed by atoms with Crippen molar-refractivity contribution in [2.75, 3.05) is 26.2 Å². The molecule has 0 bridgehead atoms. The molecule has 0 saturated carbocycles. The Morgan fingerprint density at radius 1 is 1.36 bits per heavy atom. The van der Waals surface area contributed by atoms with Crippen LogP contribution in [0.2, 0.25) is 0 Å². The van der Waals surface area contributed by atoms with Gasteiger partial charge in [-0.3, -0.25) is 9.69 Å². The van der Waals surface area contributed by atoms with Crippen molar-refractivity contribution in [3.63, 3.8) is 0 Å². The molecule has 0 atom stereocenters. The molecule has 0 radical (unpaired) electrons. The Labute approximate surface area is 126 Å². The van der Waals surface area contributed by atoms with Crippen LogP contribution in [0.1, 0.15) is 18.4 Å². The summed E-state index contributed by atoms with van der Waals surface area (Å²) in [6.07, 6.45) is -1.91. The van der Waals surface area contributed by atoms with Crippen molar-refractivity contribution in [2.24, 2.45) is 11.7 Å². The van der Waals surface area contributed by atoms with Crippen molar-refractivity contribution in [3.05, 3.63) is 23.9 Å². The number of pyridine rings is 1. The van der Waals surface area contributed by atoms with E-state index >= 15 is 0 Å². The summed E-state index contributed by atoms with van der Waals surface area (Å²) in [5, 5.41) is 0. The Morgan fingerprint density at radius 2 is 2.05 bits per heavy atom. The summed E-state index contributed by atoms with van der Waals surface area (Å²) in [6.45, 7) is 2.19. The predicted octanol–water partition coefficient (Wildman–Crippen LogP) is 1.68. The van der Waals surface area contributed by atoms with Gasteiger partial charge < -0.3 is 10.5 Å². The molecule has 5 nitrogen and oxygen atoms in total. The summed E-state index contributed by atoms with van der Waals surface area (Å²) in [6, 6.07) is 2.18. The van der Waals surface area contributed by atoms with Crippen LogP contribution in [-0.4, -0.2) is 42.0 Å². The molecule has 0 spiro atoms. The zero-order valence-corrected chi connectivity index (χ0v) is 12.0. The number of halogens is 3. The fourth-order valence-electron chi connectivity index (χ4n) is 2.37. The number of hydrogen-bond donors (Lipinski definition) is 1.